The third-order valence-electron chi connectivity index (χ3n) is 5.58. The Hall–Kier alpha value is -4.02. The molecule has 3 aromatic carbocycles. The minimum atomic E-state index is -0.105. The Balaban J connectivity index is 1.52. The number of amides is 1. The number of amidine groups is 1. The van der Waals surface area contributed by atoms with Crippen molar-refractivity contribution in [3.8, 4) is 17.6 Å². The molecule has 176 valence electrons. The second-order valence-electron chi connectivity index (χ2n) is 7.86. The summed E-state index contributed by atoms with van der Waals surface area (Å²) in [5.41, 5.74) is 4.24. The van der Waals surface area contributed by atoms with Crippen LogP contribution in [-0.2, 0) is 17.8 Å². The molecule has 0 N–H and O–H groups in total. The summed E-state index contributed by atoms with van der Waals surface area (Å²) in [5, 5.41) is 9.91. The van der Waals surface area contributed by atoms with Gasteiger partial charge in [-0.3, -0.25) is 9.69 Å². The summed E-state index contributed by atoms with van der Waals surface area (Å²) >= 11 is 1.34. The maximum absolute atomic E-state index is 12.8. The number of methoxy groups -OCH3 is 1. The van der Waals surface area contributed by atoms with E-state index in [4.69, 9.17) is 9.47 Å². The number of nitriles is 1. The van der Waals surface area contributed by atoms with Crippen LogP contribution in [0.5, 0.6) is 11.5 Å². The van der Waals surface area contributed by atoms with Crippen molar-refractivity contribution in [3.05, 3.63) is 93.9 Å². The van der Waals surface area contributed by atoms with Crippen molar-refractivity contribution in [2.24, 2.45) is 4.99 Å². The van der Waals surface area contributed by atoms with Crippen LogP contribution in [0.2, 0.25) is 0 Å². The van der Waals surface area contributed by atoms with Crippen molar-refractivity contribution >= 4 is 34.6 Å². The fourth-order valence-corrected chi connectivity index (χ4v) is 4.51. The average Bonchev–Trinajstić information content (AvgIpc) is 3.15. The Morgan fingerprint density at radius 3 is 2.57 bits per heavy atom. The van der Waals surface area contributed by atoms with E-state index in [9.17, 15) is 10.1 Å². The highest BCUT2D eigenvalue weighted by molar-refractivity contribution is 8.18. The Morgan fingerprint density at radius 2 is 1.86 bits per heavy atom. The van der Waals surface area contributed by atoms with Gasteiger partial charge in [-0.05, 0) is 65.7 Å². The zero-order valence-electron chi connectivity index (χ0n) is 19.8. The van der Waals surface area contributed by atoms with Gasteiger partial charge in [0.05, 0.1) is 29.3 Å². The van der Waals surface area contributed by atoms with Gasteiger partial charge in [0.2, 0.25) is 0 Å². The molecule has 1 fully saturated rings. The summed E-state index contributed by atoms with van der Waals surface area (Å²) in [6, 6.07) is 23.0. The Kier molecular flexibility index (Phi) is 7.54. The number of carbonyl (C=O) groups excluding carboxylic acids is 1. The van der Waals surface area contributed by atoms with Crippen LogP contribution < -0.4 is 9.47 Å². The zero-order chi connectivity index (χ0) is 24.8. The number of benzene rings is 3. The Labute approximate surface area is 209 Å². The largest absolute Gasteiger partial charge is 0.493 e. The number of nitrogens with zero attached hydrogens (tertiary/aromatic N) is 3. The molecule has 0 aliphatic carbocycles. The molecule has 0 spiro atoms. The van der Waals surface area contributed by atoms with Gasteiger partial charge in [-0.25, -0.2) is 4.99 Å². The van der Waals surface area contributed by atoms with Crippen LogP contribution >= 0.6 is 11.8 Å². The van der Waals surface area contributed by atoms with E-state index in [0.29, 0.717) is 27.1 Å². The normalized spacial score (nSPS) is 15.5. The van der Waals surface area contributed by atoms with Gasteiger partial charge in [0.25, 0.3) is 5.91 Å². The lowest BCUT2D eigenvalue weighted by atomic mass is 10.1. The number of rotatable bonds is 7. The van der Waals surface area contributed by atoms with E-state index in [1.54, 1.807) is 31.2 Å². The highest BCUT2D eigenvalue weighted by atomic mass is 32.2. The standard InChI is InChI=1S/C28H25N3O3S/c1-4-19-9-12-23(13-10-19)30-28-31(2)27(32)26(35-28)16-20-11-14-24(25(15-20)33-3)34-18-22-8-6-5-7-21(22)17-29/h5-16H,4,18H2,1-3H3. The number of aryl methyl sites for hydroxylation is 1. The van der Waals surface area contributed by atoms with Crippen molar-refractivity contribution in [2.45, 2.75) is 20.0 Å². The number of hydrogen-bond donors (Lipinski definition) is 0. The van der Waals surface area contributed by atoms with Crippen molar-refractivity contribution in [1.82, 2.24) is 4.90 Å². The molecule has 4 rings (SSSR count). The minimum Gasteiger partial charge on any atom is -0.493 e. The zero-order valence-corrected chi connectivity index (χ0v) is 20.6. The van der Waals surface area contributed by atoms with Gasteiger partial charge in [-0.2, -0.15) is 5.26 Å². The number of aliphatic imine (C=N–C) groups is 1. The van der Waals surface area contributed by atoms with Crippen molar-refractivity contribution in [1.29, 1.82) is 5.26 Å². The maximum Gasteiger partial charge on any atom is 0.266 e. The quantitative estimate of drug-likeness (QED) is 0.389. The molecule has 0 unspecified atom stereocenters. The molecule has 0 atom stereocenters. The van der Waals surface area contributed by atoms with E-state index in [1.807, 2.05) is 60.7 Å². The molecule has 1 saturated heterocycles. The van der Waals surface area contributed by atoms with Crippen LogP contribution in [0.15, 0.2) is 76.6 Å². The van der Waals surface area contributed by atoms with E-state index in [0.717, 1.165) is 23.2 Å². The van der Waals surface area contributed by atoms with E-state index in [-0.39, 0.29) is 12.5 Å². The summed E-state index contributed by atoms with van der Waals surface area (Å²) in [6.45, 7) is 2.36. The highest BCUT2D eigenvalue weighted by Gasteiger charge is 2.30. The van der Waals surface area contributed by atoms with Crippen LogP contribution in [0.4, 0.5) is 5.69 Å². The second kappa shape index (κ2) is 10.9. The van der Waals surface area contributed by atoms with Crippen LogP contribution in [0.25, 0.3) is 6.08 Å². The topological polar surface area (TPSA) is 74.9 Å². The highest BCUT2D eigenvalue weighted by Crippen LogP contribution is 2.35. The van der Waals surface area contributed by atoms with Gasteiger partial charge in [-0.15, -0.1) is 0 Å². The summed E-state index contributed by atoms with van der Waals surface area (Å²) < 4.78 is 11.4. The fraction of sp³-hybridized carbons (Fsp3) is 0.179. The summed E-state index contributed by atoms with van der Waals surface area (Å²) in [5.74, 6) is 0.997. The van der Waals surface area contributed by atoms with E-state index >= 15 is 0 Å². The summed E-state index contributed by atoms with van der Waals surface area (Å²) in [6.07, 6.45) is 2.79. The van der Waals surface area contributed by atoms with Gasteiger partial charge in [-0.1, -0.05) is 43.3 Å². The number of thioether (sulfide) groups is 1. The first-order valence-corrected chi connectivity index (χ1v) is 12.0. The van der Waals surface area contributed by atoms with Crippen molar-refractivity contribution in [2.75, 3.05) is 14.2 Å². The summed E-state index contributed by atoms with van der Waals surface area (Å²) in [4.78, 5) is 19.6. The van der Waals surface area contributed by atoms with Crippen molar-refractivity contribution < 1.29 is 14.3 Å². The van der Waals surface area contributed by atoms with Gasteiger partial charge in [0.15, 0.2) is 16.7 Å². The molecular formula is C28H25N3O3S. The molecule has 3 aromatic rings. The number of ether oxygens (including phenoxy) is 2. The predicted molar refractivity (Wildman–Crippen MR) is 140 cm³/mol. The maximum atomic E-state index is 12.8. The molecular weight excluding hydrogens is 458 g/mol. The molecule has 1 aliphatic rings. The van der Waals surface area contributed by atoms with E-state index < -0.39 is 0 Å². The molecule has 0 bridgehead atoms. The Bertz CT molecular complexity index is 1340. The van der Waals surface area contributed by atoms with Gasteiger partial charge in [0, 0.05) is 12.6 Å². The molecule has 7 heteroatoms. The molecule has 1 heterocycles. The number of hydrogen-bond acceptors (Lipinski definition) is 6. The second-order valence-corrected chi connectivity index (χ2v) is 8.87. The number of carbonyl (C=O) groups is 1. The first-order valence-electron chi connectivity index (χ1n) is 11.2. The predicted octanol–water partition coefficient (Wildman–Crippen LogP) is 5.94. The Morgan fingerprint density at radius 1 is 1.09 bits per heavy atom. The van der Waals surface area contributed by atoms with Crippen LogP contribution in [0.3, 0.4) is 0 Å². The van der Waals surface area contributed by atoms with Crippen LogP contribution in [0.1, 0.15) is 29.2 Å². The van der Waals surface area contributed by atoms with Gasteiger partial charge >= 0.3 is 0 Å². The minimum absolute atomic E-state index is 0.105. The SMILES string of the molecule is CCc1ccc(N=C2SC(=Cc3ccc(OCc4ccccc4C#N)c(OC)c3)C(=O)N2C)cc1. The molecule has 0 radical (unpaired) electrons. The first kappa shape index (κ1) is 24.1. The third-order valence-corrected chi connectivity index (χ3v) is 6.64. The molecule has 1 amide bonds. The van der Waals surface area contributed by atoms with Gasteiger partial charge < -0.3 is 9.47 Å². The average molecular weight is 484 g/mol. The van der Waals surface area contributed by atoms with E-state index in [1.165, 1.54) is 17.3 Å². The first-order chi connectivity index (χ1) is 17.0. The lowest BCUT2D eigenvalue weighted by molar-refractivity contribution is -0.121. The monoisotopic (exact) mass is 483 g/mol. The number of likely N-dealkylation sites (N-methyl/N-ethyl adjacent to an activating group) is 1. The summed E-state index contributed by atoms with van der Waals surface area (Å²) in [7, 11) is 3.30. The van der Waals surface area contributed by atoms with Crippen molar-refractivity contribution in [3.63, 3.8) is 0 Å². The fourth-order valence-electron chi connectivity index (χ4n) is 3.52. The molecule has 6 nitrogen and oxygen atoms in total. The van der Waals surface area contributed by atoms with Crippen LogP contribution in [0, 0.1) is 11.3 Å². The lowest BCUT2D eigenvalue weighted by Crippen LogP contribution is -2.23. The third kappa shape index (κ3) is 5.56. The smallest absolute Gasteiger partial charge is 0.266 e. The van der Waals surface area contributed by atoms with Crippen LogP contribution in [-0.4, -0.2) is 30.1 Å². The molecule has 35 heavy (non-hydrogen) atoms. The molecule has 0 aromatic heterocycles. The molecule has 0 saturated carbocycles. The lowest BCUT2D eigenvalue weighted by Gasteiger charge is -2.12. The molecule has 1 aliphatic heterocycles. The van der Waals surface area contributed by atoms with E-state index in [2.05, 4.69) is 18.0 Å². The van der Waals surface area contributed by atoms with Gasteiger partial charge in [0.1, 0.15) is 6.61 Å².